The molecule has 8 heteroatoms. The van der Waals surface area contributed by atoms with Crippen molar-refractivity contribution in [2.45, 2.75) is 52.4 Å². The third-order valence-electron chi connectivity index (χ3n) is 3.40. The zero-order chi connectivity index (χ0) is 17.2. The van der Waals surface area contributed by atoms with Gasteiger partial charge < -0.3 is 0 Å². The van der Waals surface area contributed by atoms with Crippen molar-refractivity contribution in [3.05, 3.63) is 38.4 Å². The van der Waals surface area contributed by atoms with Gasteiger partial charge in [-0.2, -0.15) is 5.10 Å². The topological polar surface area (TPSA) is 111 Å². The number of nitro benzene ring substituents is 2. The van der Waals surface area contributed by atoms with Crippen LogP contribution in [-0.2, 0) is 0 Å². The summed E-state index contributed by atoms with van der Waals surface area (Å²) in [7, 11) is 0. The van der Waals surface area contributed by atoms with Crippen LogP contribution in [-0.4, -0.2) is 15.6 Å². The molecule has 0 aliphatic rings. The number of nitrogens with one attached hydrogen (secondary N) is 1. The van der Waals surface area contributed by atoms with Gasteiger partial charge in [-0.25, -0.2) is 0 Å². The molecule has 0 bridgehead atoms. The van der Waals surface area contributed by atoms with Crippen LogP contribution >= 0.6 is 0 Å². The van der Waals surface area contributed by atoms with Crippen LogP contribution in [0.15, 0.2) is 23.3 Å². The van der Waals surface area contributed by atoms with E-state index in [1.54, 1.807) is 0 Å². The Kier molecular flexibility index (Phi) is 7.65. The number of nitro groups is 2. The molecular weight excluding hydrogens is 300 g/mol. The number of non-ortho nitro benzene ring substituents is 1. The predicted octanol–water partition coefficient (Wildman–Crippen LogP) is 4.65. The molecular formula is C15H22N4O4. The lowest BCUT2D eigenvalue weighted by Crippen LogP contribution is -2.01. The summed E-state index contributed by atoms with van der Waals surface area (Å²) >= 11 is 0. The Labute approximate surface area is 134 Å². The molecule has 1 N–H and O–H groups in total. The van der Waals surface area contributed by atoms with Gasteiger partial charge in [-0.15, -0.1) is 0 Å². The van der Waals surface area contributed by atoms with E-state index in [1.165, 1.54) is 31.4 Å². The van der Waals surface area contributed by atoms with Crippen molar-refractivity contribution >= 4 is 22.8 Å². The normalized spacial score (nSPS) is 11.3. The number of benzene rings is 1. The molecule has 1 aromatic carbocycles. The second-order valence-electron chi connectivity index (χ2n) is 5.34. The van der Waals surface area contributed by atoms with Crippen molar-refractivity contribution in [2.75, 3.05) is 5.43 Å². The molecule has 0 fully saturated rings. The molecule has 0 aromatic heterocycles. The summed E-state index contributed by atoms with van der Waals surface area (Å²) in [5.41, 5.74) is 2.94. The molecule has 0 saturated heterocycles. The van der Waals surface area contributed by atoms with Crippen molar-refractivity contribution in [1.82, 2.24) is 0 Å². The number of hydrogen-bond acceptors (Lipinski definition) is 6. The van der Waals surface area contributed by atoms with Gasteiger partial charge in [-0.3, -0.25) is 25.7 Å². The maximum atomic E-state index is 11.0. The van der Waals surface area contributed by atoms with E-state index in [9.17, 15) is 20.2 Å². The van der Waals surface area contributed by atoms with Gasteiger partial charge in [-0.05, 0) is 25.8 Å². The molecule has 0 spiro atoms. The Hall–Kier alpha value is -2.51. The van der Waals surface area contributed by atoms with Gasteiger partial charge in [-0.1, -0.05) is 32.6 Å². The lowest BCUT2D eigenvalue weighted by Gasteiger charge is -2.04. The van der Waals surface area contributed by atoms with Gasteiger partial charge in [0.25, 0.3) is 5.69 Å². The first-order valence-electron chi connectivity index (χ1n) is 7.67. The number of unbranched alkanes of at least 4 members (excludes halogenated alkanes) is 4. The van der Waals surface area contributed by atoms with E-state index in [-0.39, 0.29) is 17.1 Å². The average Bonchev–Trinajstić information content (AvgIpc) is 2.52. The van der Waals surface area contributed by atoms with Crippen LogP contribution in [0.4, 0.5) is 17.1 Å². The van der Waals surface area contributed by atoms with Crippen molar-refractivity contribution in [2.24, 2.45) is 5.10 Å². The van der Waals surface area contributed by atoms with Crippen LogP contribution in [0.5, 0.6) is 0 Å². The highest BCUT2D eigenvalue weighted by Crippen LogP contribution is 2.28. The van der Waals surface area contributed by atoms with Crippen molar-refractivity contribution in [1.29, 1.82) is 0 Å². The van der Waals surface area contributed by atoms with Crippen LogP contribution < -0.4 is 5.43 Å². The summed E-state index contributed by atoms with van der Waals surface area (Å²) in [6.45, 7) is 4.01. The van der Waals surface area contributed by atoms with Gasteiger partial charge in [0, 0.05) is 11.8 Å². The fourth-order valence-electron chi connectivity index (χ4n) is 2.08. The summed E-state index contributed by atoms with van der Waals surface area (Å²) in [4.78, 5) is 20.4. The minimum atomic E-state index is -0.665. The van der Waals surface area contributed by atoms with Crippen LogP contribution in [0.25, 0.3) is 0 Å². The summed E-state index contributed by atoms with van der Waals surface area (Å²) in [5, 5.41) is 25.8. The van der Waals surface area contributed by atoms with E-state index in [1.807, 2.05) is 6.92 Å². The largest absolute Gasteiger partial charge is 0.301 e. The van der Waals surface area contributed by atoms with Gasteiger partial charge in [0.15, 0.2) is 0 Å². The second-order valence-corrected chi connectivity index (χ2v) is 5.34. The van der Waals surface area contributed by atoms with Crippen LogP contribution in [0.2, 0.25) is 0 Å². The monoisotopic (exact) mass is 322 g/mol. The lowest BCUT2D eigenvalue weighted by molar-refractivity contribution is -0.393. The molecule has 1 aromatic rings. The van der Waals surface area contributed by atoms with E-state index in [4.69, 9.17) is 0 Å². The minimum Gasteiger partial charge on any atom is -0.272 e. The fourth-order valence-corrected chi connectivity index (χ4v) is 2.08. The fraction of sp³-hybridized carbons (Fsp3) is 0.533. The molecule has 0 unspecified atom stereocenters. The van der Waals surface area contributed by atoms with Crippen LogP contribution in [0, 0.1) is 20.2 Å². The van der Waals surface area contributed by atoms with Crippen molar-refractivity contribution in [3.8, 4) is 0 Å². The number of hydrogen-bond donors (Lipinski definition) is 1. The zero-order valence-electron chi connectivity index (χ0n) is 13.4. The second kappa shape index (κ2) is 9.50. The van der Waals surface area contributed by atoms with Gasteiger partial charge >= 0.3 is 5.69 Å². The Bertz CT molecular complexity index is 587. The highest BCUT2D eigenvalue weighted by atomic mass is 16.6. The van der Waals surface area contributed by atoms with Gasteiger partial charge in [0.2, 0.25) is 0 Å². The number of hydrazone groups is 1. The smallest absolute Gasteiger partial charge is 0.272 e. The molecule has 0 aliphatic heterocycles. The molecule has 0 atom stereocenters. The molecule has 0 saturated carbocycles. The number of anilines is 1. The predicted molar refractivity (Wildman–Crippen MR) is 89.9 cm³/mol. The molecule has 0 amide bonds. The zero-order valence-corrected chi connectivity index (χ0v) is 13.4. The minimum absolute atomic E-state index is 0.144. The Morgan fingerprint density at radius 1 is 1.13 bits per heavy atom. The van der Waals surface area contributed by atoms with E-state index >= 15 is 0 Å². The average molecular weight is 322 g/mol. The summed E-state index contributed by atoms with van der Waals surface area (Å²) in [5.74, 6) is 0. The summed E-state index contributed by atoms with van der Waals surface area (Å²) in [6.07, 6.45) is 6.60. The van der Waals surface area contributed by atoms with Crippen LogP contribution in [0.3, 0.4) is 0 Å². The van der Waals surface area contributed by atoms with E-state index in [2.05, 4.69) is 17.5 Å². The van der Waals surface area contributed by atoms with E-state index < -0.39 is 9.85 Å². The Morgan fingerprint density at radius 3 is 2.43 bits per heavy atom. The van der Waals surface area contributed by atoms with Gasteiger partial charge in [0.05, 0.1) is 15.9 Å². The van der Waals surface area contributed by atoms with Crippen molar-refractivity contribution < 1.29 is 9.85 Å². The Morgan fingerprint density at radius 2 is 1.83 bits per heavy atom. The highest BCUT2D eigenvalue weighted by Gasteiger charge is 2.19. The lowest BCUT2D eigenvalue weighted by atomic mass is 10.1. The van der Waals surface area contributed by atoms with Crippen LogP contribution in [0.1, 0.15) is 52.4 Å². The maximum Gasteiger partial charge on any atom is 0.301 e. The van der Waals surface area contributed by atoms with Gasteiger partial charge in [0.1, 0.15) is 5.69 Å². The molecule has 1 rings (SSSR count). The molecule has 126 valence electrons. The molecule has 8 nitrogen and oxygen atoms in total. The van der Waals surface area contributed by atoms with Crippen molar-refractivity contribution in [3.63, 3.8) is 0 Å². The molecule has 0 aliphatic carbocycles. The molecule has 0 heterocycles. The quantitative estimate of drug-likeness (QED) is 0.291. The van der Waals surface area contributed by atoms with E-state index in [0.717, 1.165) is 31.0 Å². The first-order chi connectivity index (χ1) is 11.0. The Balaban J connectivity index is 2.67. The number of rotatable bonds is 10. The highest BCUT2D eigenvalue weighted by molar-refractivity contribution is 5.83. The third-order valence-corrected chi connectivity index (χ3v) is 3.40. The summed E-state index contributed by atoms with van der Waals surface area (Å²) in [6, 6.07) is 3.44. The molecule has 0 radical (unpaired) electrons. The maximum absolute atomic E-state index is 11.0. The first-order valence-corrected chi connectivity index (χ1v) is 7.67. The summed E-state index contributed by atoms with van der Waals surface area (Å²) < 4.78 is 0. The third kappa shape index (κ3) is 6.41. The first kappa shape index (κ1) is 18.5. The number of nitrogens with zero attached hydrogens (tertiary/aromatic N) is 3. The molecule has 23 heavy (non-hydrogen) atoms. The SMILES string of the molecule is CCCCCCCC(C)=NNc1ccc([N+](=O)[O-])cc1[N+](=O)[O-]. The standard InChI is InChI=1S/C15H22N4O4/c1-3-4-5-6-7-8-12(2)16-17-14-10-9-13(18(20)21)11-15(14)19(22)23/h9-11,17H,3-8H2,1-2H3. The van der Waals surface area contributed by atoms with E-state index in [0.29, 0.717) is 0 Å².